The number of rotatable bonds is 2. The van der Waals surface area contributed by atoms with Crippen molar-refractivity contribution in [3.8, 4) is 10.4 Å². The highest BCUT2D eigenvalue weighted by molar-refractivity contribution is 7.16. The number of carbonyl (C=O) groups excluding carboxylic acids is 3. The van der Waals surface area contributed by atoms with E-state index in [9.17, 15) is 14.4 Å². The molecule has 0 spiro atoms. The number of ether oxygens (including phenoxy) is 1. The third-order valence-corrected chi connectivity index (χ3v) is 4.86. The third-order valence-electron chi connectivity index (χ3n) is 3.78. The first-order chi connectivity index (χ1) is 11.1. The Labute approximate surface area is 135 Å². The summed E-state index contributed by atoms with van der Waals surface area (Å²) in [6.07, 6.45) is 1.62. The van der Waals surface area contributed by atoms with E-state index in [1.807, 2.05) is 24.3 Å². The number of ketones is 1. The van der Waals surface area contributed by atoms with Gasteiger partial charge in [0.2, 0.25) is 5.91 Å². The molecule has 1 fully saturated rings. The minimum atomic E-state index is -0.279. The Morgan fingerprint density at radius 3 is 2.78 bits per heavy atom. The normalized spacial score (nSPS) is 18.3. The summed E-state index contributed by atoms with van der Waals surface area (Å²) in [5, 5.41) is 2.57. The van der Waals surface area contributed by atoms with E-state index < -0.39 is 0 Å². The number of amides is 1. The molecule has 0 saturated carbocycles. The fourth-order valence-corrected chi connectivity index (χ4v) is 3.58. The maximum absolute atomic E-state index is 11.6. The summed E-state index contributed by atoms with van der Waals surface area (Å²) in [7, 11) is 0. The van der Waals surface area contributed by atoms with E-state index in [1.54, 1.807) is 12.1 Å². The van der Waals surface area contributed by atoms with Crippen LogP contribution in [0.2, 0.25) is 0 Å². The maximum atomic E-state index is 11.6. The van der Waals surface area contributed by atoms with Gasteiger partial charge in [0, 0.05) is 15.3 Å². The van der Waals surface area contributed by atoms with Crippen LogP contribution in [0, 0.1) is 0 Å². The molecule has 114 valence electrons. The molecule has 0 radical (unpaired) electrons. The number of allylic oxidation sites excluding steroid dienone is 1. The lowest BCUT2D eigenvalue weighted by Gasteiger charge is -1.99. The molecule has 6 heteroatoms. The van der Waals surface area contributed by atoms with E-state index in [2.05, 4.69) is 5.32 Å². The molecule has 1 saturated heterocycles. The smallest absolute Gasteiger partial charge is 0.338 e. The number of benzene rings is 1. The highest BCUT2D eigenvalue weighted by Crippen LogP contribution is 2.32. The number of Topliss-reactive ketones (excluding diaryl/α,β-unsaturated/α-hetero) is 1. The van der Waals surface area contributed by atoms with Gasteiger partial charge in [-0.15, -0.1) is 11.3 Å². The maximum Gasteiger partial charge on any atom is 0.338 e. The second-order valence-corrected chi connectivity index (χ2v) is 6.47. The standard InChI is InChI=1S/C17H11NO4S/c19-14-7-16(20)18-13(14)6-11-2-4-15(23-11)9-1-3-12-10(5-9)8-22-17(12)21/h1-6H,7-8H2,(H,18,20)/b13-6+. The molecule has 0 unspecified atom stereocenters. The van der Waals surface area contributed by atoms with Crippen LogP contribution in [0.3, 0.4) is 0 Å². The largest absolute Gasteiger partial charge is 0.457 e. The summed E-state index contributed by atoms with van der Waals surface area (Å²) in [5.74, 6) is -0.724. The van der Waals surface area contributed by atoms with E-state index in [0.717, 1.165) is 20.9 Å². The van der Waals surface area contributed by atoms with E-state index in [4.69, 9.17) is 4.74 Å². The fourth-order valence-electron chi connectivity index (χ4n) is 2.64. The van der Waals surface area contributed by atoms with Gasteiger partial charge >= 0.3 is 5.97 Å². The molecule has 5 nitrogen and oxygen atoms in total. The number of esters is 1. The molecule has 1 aromatic heterocycles. The second-order valence-electron chi connectivity index (χ2n) is 5.36. The summed E-state index contributed by atoms with van der Waals surface area (Å²) >= 11 is 1.52. The molecular weight excluding hydrogens is 314 g/mol. The van der Waals surface area contributed by atoms with Crippen molar-refractivity contribution >= 4 is 35.1 Å². The average Bonchev–Trinajstić information content (AvgIpc) is 3.21. The second kappa shape index (κ2) is 5.17. The molecule has 1 N–H and O–H groups in total. The van der Waals surface area contributed by atoms with Gasteiger partial charge in [0.1, 0.15) is 6.61 Å². The Bertz CT molecular complexity index is 894. The first kappa shape index (κ1) is 13.9. The van der Waals surface area contributed by atoms with Crippen LogP contribution in [-0.4, -0.2) is 17.7 Å². The lowest BCUT2D eigenvalue weighted by molar-refractivity contribution is -0.121. The molecule has 1 aromatic carbocycles. The van der Waals surface area contributed by atoms with Crippen LogP contribution in [0.5, 0.6) is 0 Å². The minimum Gasteiger partial charge on any atom is -0.457 e. The zero-order valence-electron chi connectivity index (χ0n) is 11.9. The number of hydrogen-bond acceptors (Lipinski definition) is 5. The predicted molar refractivity (Wildman–Crippen MR) is 84.6 cm³/mol. The Balaban J connectivity index is 1.64. The van der Waals surface area contributed by atoms with Gasteiger partial charge in [0.15, 0.2) is 5.78 Å². The van der Waals surface area contributed by atoms with Crippen LogP contribution in [0.25, 0.3) is 16.5 Å². The Hall–Kier alpha value is -2.73. The third kappa shape index (κ3) is 2.47. The number of fused-ring (bicyclic) bond motifs is 1. The van der Waals surface area contributed by atoms with Crippen molar-refractivity contribution in [1.29, 1.82) is 0 Å². The van der Waals surface area contributed by atoms with Crippen molar-refractivity contribution < 1.29 is 19.1 Å². The van der Waals surface area contributed by atoms with Crippen LogP contribution in [0.4, 0.5) is 0 Å². The van der Waals surface area contributed by atoms with Gasteiger partial charge in [-0.1, -0.05) is 6.07 Å². The summed E-state index contributed by atoms with van der Waals surface area (Å²) in [6.45, 7) is 0.310. The Kier molecular flexibility index (Phi) is 3.12. The summed E-state index contributed by atoms with van der Waals surface area (Å²) in [6, 6.07) is 9.47. The lowest BCUT2D eigenvalue weighted by atomic mass is 10.1. The van der Waals surface area contributed by atoms with Crippen molar-refractivity contribution in [2.45, 2.75) is 13.0 Å². The van der Waals surface area contributed by atoms with Gasteiger partial charge in [0.25, 0.3) is 0 Å². The van der Waals surface area contributed by atoms with Crippen LogP contribution in [0.15, 0.2) is 36.0 Å². The fraction of sp³-hybridized carbons (Fsp3) is 0.118. The molecule has 2 aromatic rings. The molecule has 3 heterocycles. The van der Waals surface area contributed by atoms with Gasteiger partial charge < -0.3 is 10.1 Å². The minimum absolute atomic E-state index is 0.0804. The van der Waals surface area contributed by atoms with Gasteiger partial charge in [-0.3, -0.25) is 9.59 Å². The summed E-state index contributed by atoms with van der Waals surface area (Å²) in [4.78, 5) is 36.2. The molecular formula is C17H11NO4S. The van der Waals surface area contributed by atoms with E-state index >= 15 is 0 Å². The molecule has 1 amide bonds. The van der Waals surface area contributed by atoms with E-state index in [-0.39, 0.29) is 24.1 Å². The summed E-state index contributed by atoms with van der Waals surface area (Å²) < 4.78 is 5.01. The molecule has 23 heavy (non-hydrogen) atoms. The van der Waals surface area contributed by atoms with Gasteiger partial charge in [-0.25, -0.2) is 4.79 Å². The zero-order chi connectivity index (χ0) is 16.0. The SMILES string of the molecule is O=C1CC(=O)/C(=C\c2ccc(-c3ccc4c(c3)COC4=O)s2)N1. The van der Waals surface area contributed by atoms with Crippen molar-refractivity contribution in [2.24, 2.45) is 0 Å². The molecule has 0 atom stereocenters. The molecule has 2 aliphatic rings. The first-order valence-electron chi connectivity index (χ1n) is 7.05. The van der Waals surface area contributed by atoms with Crippen molar-refractivity contribution in [3.63, 3.8) is 0 Å². The molecule has 0 aliphatic carbocycles. The lowest BCUT2D eigenvalue weighted by Crippen LogP contribution is -2.12. The Morgan fingerprint density at radius 1 is 1.13 bits per heavy atom. The number of cyclic esters (lactones) is 1. The van der Waals surface area contributed by atoms with Crippen molar-refractivity contribution in [3.05, 3.63) is 52.0 Å². The average molecular weight is 325 g/mol. The van der Waals surface area contributed by atoms with Crippen molar-refractivity contribution in [2.75, 3.05) is 0 Å². The van der Waals surface area contributed by atoms with E-state index in [1.165, 1.54) is 11.3 Å². The van der Waals surface area contributed by atoms with Gasteiger partial charge in [-0.2, -0.15) is 0 Å². The number of nitrogens with one attached hydrogen (secondary N) is 1. The Morgan fingerprint density at radius 2 is 2.00 bits per heavy atom. The number of thiophene rings is 1. The molecule has 0 bridgehead atoms. The predicted octanol–water partition coefficient (Wildman–Crippen LogP) is 2.52. The molecule has 2 aliphatic heterocycles. The van der Waals surface area contributed by atoms with Crippen LogP contribution in [0.1, 0.15) is 27.2 Å². The van der Waals surface area contributed by atoms with Gasteiger partial charge in [-0.05, 0) is 35.9 Å². The number of hydrogen-bond donors (Lipinski definition) is 1. The topological polar surface area (TPSA) is 72.5 Å². The highest BCUT2D eigenvalue weighted by Gasteiger charge is 2.24. The highest BCUT2D eigenvalue weighted by atomic mass is 32.1. The van der Waals surface area contributed by atoms with E-state index in [0.29, 0.717) is 17.9 Å². The van der Waals surface area contributed by atoms with Gasteiger partial charge in [0.05, 0.1) is 17.7 Å². The summed E-state index contributed by atoms with van der Waals surface area (Å²) in [5.41, 5.74) is 2.85. The zero-order valence-corrected chi connectivity index (χ0v) is 12.7. The number of carbonyl (C=O) groups is 3. The van der Waals surface area contributed by atoms with Crippen molar-refractivity contribution in [1.82, 2.24) is 5.32 Å². The van der Waals surface area contributed by atoms with Crippen LogP contribution >= 0.6 is 11.3 Å². The molecule has 4 rings (SSSR count). The first-order valence-corrected chi connectivity index (χ1v) is 7.87. The van der Waals surface area contributed by atoms with Crippen LogP contribution < -0.4 is 5.32 Å². The quantitative estimate of drug-likeness (QED) is 0.523. The monoisotopic (exact) mass is 325 g/mol. The van der Waals surface area contributed by atoms with Crippen LogP contribution in [-0.2, 0) is 20.9 Å².